The lowest BCUT2D eigenvalue weighted by Gasteiger charge is -2.24. The average Bonchev–Trinajstić information content (AvgIpc) is 3.07. The molecule has 1 aliphatic rings. The Morgan fingerprint density at radius 1 is 1.24 bits per heavy atom. The lowest BCUT2D eigenvalue weighted by Crippen LogP contribution is -2.39. The molecular formula is C25H24BrN3O3S. The van der Waals surface area contributed by atoms with E-state index in [0.717, 1.165) is 21.3 Å². The Hall–Kier alpha value is -2.97. The van der Waals surface area contributed by atoms with E-state index in [0.29, 0.717) is 20.6 Å². The summed E-state index contributed by atoms with van der Waals surface area (Å²) in [6.07, 6.45) is 1.86. The maximum absolute atomic E-state index is 13.6. The Morgan fingerprint density at radius 3 is 2.61 bits per heavy atom. The zero-order chi connectivity index (χ0) is 23.7. The van der Waals surface area contributed by atoms with Crippen LogP contribution in [-0.4, -0.2) is 31.2 Å². The van der Waals surface area contributed by atoms with E-state index in [1.165, 1.54) is 11.3 Å². The average molecular weight is 526 g/mol. The summed E-state index contributed by atoms with van der Waals surface area (Å²) in [6, 6.07) is 14.9. The first-order valence-corrected chi connectivity index (χ1v) is 12.1. The number of anilines is 1. The van der Waals surface area contributed by atoms with E-state index < -0.39 is 12.0 Å². The third-order valence-corrected chi connectivity index (χ3v) is 7.00. The largest absolute Gasteiger partial charge is 0.463 e. The number of thiazole rings is 1. The molecule has 0 radical (unpaired) electrons. The number of carbonyl (C=O) groups excluding carboxylic acids is 1. The van der Waals surface area contributed by atoms with Gasteiger partial charge in [0.15, 0.2) is 4.80 Å². The summed E-state index contributed by atoms with van der Waals surface area (Å²) in [6.45, 7) is 3.80. The number of halogens is 1. The summed E-state index contributed by atoms with van der Waals surface area (Å²) in [7, 11) is 3.95. The highest BCUT2D eigenvalue weighted by Gasteiger charge is 2.33. The van der Waals surface area contributed by atoms with Crippen molar-refractivity contribution in [1.82, 2.24) is 4.57 Å². The van der Waals surface area contributed by atoms with Crippen LogP contribution in [0.25, 0.3) is 6.08 Å². The highest BCUT2D eigenvalue weighted by molar-refractivity contribution is 9.10. The van der Waals surface area contributed by atoms with Crippen LogP contribution in [0.1, 0.15) is 31.0 Å². The Balaban J connectivity index is 1.91. The molecule has 0 aliphatic carbocycles. The molecule has 6 nitrogen and oxygen atoms in total. The number of nitrogens with zero attached hydrogens (tertiary/aromatic N) is 3. The standard InChI is InChI=1S/C25H24BrN3O3S/c1-5-32-24(31)21-15(2)27-25-29(22(21)17-9-7-6-8-10-17)23(30)20(33-25)14-16-11-12-19(28(3)4)18(26)13-16/h6-14,22H,5H2,1-4H3/b20-14-. The minimum Gasteiger partial charge on any atom is -0.463 e. The number of carbonyl (C=O) groups is 1. The van der Waals surface area contributed by atoms with Gasteiger partial charge in [0.05, 0.1) is 34.1 Å². The third kappa shape index (κ3) is 4.45. The van der Waals surface area contributed by atoms with E-state index in [9.17, 15) is 9.59 Å². The Labute approximate surface area is 204 Å². The van der Waals surface area contributed by atoms with E-state index in [-0.39, 0.29) is 12.2 Å². The van der Waals surface area contributed by atoms with E-state index >= 15 is 0 Å². The molecule has 170 valence electrons. The van der Waals surface area contributed by atoms with Crippen molar-refractivity contribution in [2.45, 2.75) is 19.9 Å². The Bertz CT molecular complexity index is 1420. The summed E-state index contributed by atoms with van der Waals surface area (Å²) >= 11 is 4.92. The lowest BCUT2D eigenvalue weighted by atomic mass is 9.96. The molecule has 3 aromatic rings. The second kappa shape index (κ2) is 9.49. The molecule has 0 saturated heterocycles. The zero-order valence-electron chi connectivity index (χ0n) is 18.8. The summed E-state index contributed by atoms with van der Waals surface area (Å²) in [5.41, 5.74) is 3.55. The second-order valence-electron chi connectivity index (χ2n) is 7.82. The SMILES string of the molecule is CCOC(=O)C1=C(C)N=c2s/c(=C\c3ccc(N(C)C)c(Br)c3)c(=O)n2C1c1ccccc1. The van der Waals surface area contributed by atoms with Gasteiger partial charge in [-0.05, 0) is 59.1 Å². The fourth-order valence-electron chi connectivity index (χ4n) is 3.87. The van der Waals surface area contributed by atoms with Gasteiger partial charge in [-0.15, -0.1) is 0 Å². The van der Waals surface area contributed by atoms with Gasteiger partial charge in [0.25, 0.3) is 5.56 Å². The van der Waals surface area contributed by atoms with Crippen molar-refractivity contribution < 1.29 is 9.53 Å². The molecular weight excluding hydrogens is 502 g/mol. The van der Waals surface area contributed by atoms with Gasteiger partial charge in [-0.3, -0.25) is 9.36 Å². The van der Waals surface area contributed by atoms with Crippen LogP contribution in [0.15, 0.2) is 74.1 Å². The van der Waals surface area contributed by atoms with Gasteiger partial charge < -0.3 is 9.64 Å². The number of ether oxygens (including phenoxy) is 1. The van der Waals surface area contributed by atoms with Gasteiger partial charge in [0, 0.05) is 18.6 Å². The molecule has 2 aromatic carbocycles. The summed E-state index contributed by atoms with van der Waals surface area (Å²) < 4.78 is 8.42. The lowest BCUT2D eigenvalue weighted by molar-refractivity contribution is -0.139. The number of hydrogen-bond donors (Lipinski definition) is 0. The van der Waals surface area contributed by atoms with Crippen molar-refractivity contribution >= 4 is 45.0 Å². The topological polar surface area (TPSA) is 63.9 Å². The van der Waals surface area contributed by atoms with Crippen LogP contribution in [0.4, 0.5) is 5.69 Å². The number of hydrogen-bond acceptors (Lipinski definition) is 6. The van der Waals surface area contributed by atoms with Crippen molar-refractivity contribution in [3.63, 3.8) is 0 Å². The highest BCUT2D eigenvalue weighted by atomic mass is 79.9. The van der Waals surface area contributed by atoms with Crippen molar-refractivity contribution in [3.8, 4) is 0 Å². The van der Waals surface area contributed by atoms with Gasteiger partial charge in [-0.2, -0.15) is 0 Å². The molecule has 0 bridgehead atoms. The first kappa shape index (κ1) is 23.2. The van der Waals surface area contributed by atoms with Crippen LogP contribution < -0.4 is 19.8 Å². The van der Waals surface area contributed by atoms with Gasteiger partial charge in [0.1, 0.15) is 0 Å². The van der Waals surface area contributed by atoms with Crippen LogP contribution in [-0.2, 0) is 9.53 Å². The summed E-state index contributed by atoms with van der Waals surface area (Å²) in [5.74, 6) is -0.454. The van der Waals surface area contributed by atoms with E-state index in [1.807, 2.05) is 73.6 Å². The monoisotopic (exact) mass is 525 g/mol. The molecule has 2 heterocycles. The number of allylic oxidation sites excluding steroid dienone is 1. The Morgan fingerprint density at radius 2 is 1.97 bits per heavy atom. The molecule has 8 heteroatoms. The van der Waals surface area contributed by atoms with Crippen LogP contribution in [0.3, 0.4) is 0 Å². The van der Waals surface area contributed by atoms with Crippen molar-refractivity contribution in [2.75, 3.05) is 25.6 Å². The molecule has 33 heavy (non-hydrogen) atoms. The van der Waals surface area contributed by atoms with Crippen molar-refractivity contribution in [1.29, 1.82) is 0 Å². The van der Waals surface area contributed by atoms with Crippen molar-refractivity contribution in [3.05, 3.63) is 95.1 Å². The molecule has 0 fully saturated rings. The minimum absolute atomic E-state index is 0.185. The molecule has 0 amide bonds. The minimum atomic E-state index is -0.591. The van der Waals surface area contributed by atoms with E-state index in [1.54, 1.807) is 18.4 Å². The second-order valence-corrected chi connectivity index (χ2v) is 9.68. The third-order valence-electron chi connectivity index (χ3n) is 5.38. The van der Waals surface area contributed by atoms with Crippen LogP contribution in [0, 0.1) is 0 Å². The zero-order valence-corrected chi connectivity index (χ0v) is 21.2. The van der Waals surface area contributed by atoms with Crippen LogP contribution >= 0.6 is 27.3 Å². The number of rotatable bonds is 5. The summed E-state index contributed by atoms with van der Waals surface area (Å²) in [5, 5.41) is 0. The molecule has 4 rings (SSSR count). The fourth-order valence-corrected chi connectivity index (χ4v) is 5.67. The number of benzene rings is 2. The van der Waals surface area contributed by atoms with Crippen LogP contribution in [0.2, 0.25) is 0 Å². The van der Waals surface area contributed by atoms with Gasteiger partial charge in [-0.25, -0.2) is 9.79 Å². The highest BCUT2D eigenvalue weighted by Crippen LogP contribution is 2.30. The molecule has 0 spiro atoms. The molecule has 0 N–H and O–H groups in total. The first-order chi connectivity index (χ1) is 15.8. The first-order valence-electron chi connectivity index (χ1n) is 10.5. The smallest absolute Gasteiger partial charge is 0.338 e. The molecule has 1 atom stereocenters. The predicted octanol–water partition coefficient (Wildman–Crippen LogP) is 3.63. The molecule has 0 saturated carbocycles. The fraction of sp³-hybridized carbons (Fsp3) is 0.240. The molecule has 1 aromatic heterocycles. The predicted molar refractivity (Wildman–Crippen MR) is 135 cm³/mol. The number of esters is 1. The quantitative estimate of drug-likeness (QED) is 0.477. The van der Waals surface area contributed by atoms with Gasteiger partial charge >= 0.3 is 5.97 Å². The Kier molecular flexibility index (Phi) is 6.67. The maximum Gasteiger partial charge on any atom is 0.338 e. The van der Waals surface area contributed by atoms with Gasteiger partial charge in [-0.1, -0.05) is 47.7 Å². The number of fused-ring (bicyclic) bond motifs is 1. The van der Waals surface area contributed by atoms with Gasteiger partial charge in [0.2, 0.25) is 0 Å². The molecule has 1 unspecified atom stereocenters. The van der Waals surface area contributed by atoms with Crippen LogP contribution in [0.5, 0.6) is 0 Å². The number of aromatic nitrogens is 1. The van der Waals surface area contributed by atoms with E-state index in [4.69, 9.17) is 4.74 Å². The molecule has 1 aliphatic heterocycles. The summed E-state index contributed by atoms with van der Waals surface area (Å²) in [4.78, 5) is 33.6. The van der Waals surface area contributed by atoms with E-state index in [2.05, 4.69) is 20.9 Å². The maximum atomic E-state index is 13.6. The normalized spacial score (nSPS) is 15.8. The van der Waals surface area contributed by atoms with Crippen molar-refractivity contribution in [2.24, 2.45) is 4.99 Å².